The number of aromatic nitrogens is 2. The van der Waals surface area contributed by atoms with Crippen LogP contribution in [0.1, 0.15) is 25.1 Å². The molecule has 2 heterocycles. The molecule has 0 radical (unpaired) electrons. The van der Waals surface area contributed by atoms with Gasteiger partial charge in [-0.2, -0.15) is 4.98 Å². The van der Waals surface area contributed by atoms with Gasteiger partial charge in [-0.1, -0.05) is 13.8 Å². The third-order valence-corrected chi connectivity index (χ3v) is 4.99. The molecule has 5 N–H and O–H groups in total. The van der Waals surface area contributed by atoms with E-state index >= 15 is 0 Å². The minimum absolute atomic E-state index is 0.0382. The van der Waals surface area contributed by atoms with Crippen LogP contribution in [0.15, 0.2) is 30.3 Å². The Kier molecular flexibility index (Phi) is 7.78. The quantitative estimate of drug-likeness (QED) is 0.367. The highest BCUT2D eigenvalue weighted by Crippen LogP contribution is 2.21. The first-order valence-corrected chi connectivity index (χ1v) is 10.6. The summed E-state index contributed by atoms with van der Waals surface area (Å²) in [5, 5.41) is 12.8. The molecule has 1 aliphatic rings. The van der Waals surface area contributed by atoms with Gasteiger partial charge < -0.3 is 25.4 Å². The van der Waals surface area contributed by atoms with Crippen LogP contribution in [0.2, 0.25) is 0 Å². The number of urea groups is 1. The van der Waals surface area contributed by atoms with E-state index in [4.69, 9.17) is 20.6 Å². The summed E-state index contributed by atoms with van der Waals surface area (Å²) in [6, 6.07) is 7.00. The largest absolute Gasteiger partial charge is 0.439 e. The molecule has 3 amide bonds. The Morgan fingerprint density at radius 3 is 2.45 bits per heavy atom. The summed E-state index contributed by atoms with van der Waals surface area (Å²) in [5.41, 5.74) is 6.62. The number of aryl methyl sites for hydroxylation is 1. The zero-order valence-corrected chi connectivity index (χ0v) is 18.9. The van der Waals surface area contributed by atoms with Gasteiger partial charge in [0.05, 0.1) is 13.2 Å². The monoisotopic (exact) mass is 455 g/mol. The standard InChI is InChI=1S/C22H29N7O4/c1-13(2)18(20(30)29-8-10-32-11-9-29)27-22(31)28-21-25-14(3)12-17(26-21)33-16-6-4-15(5-7-16)19(23)24/h4-7,12-13,18H,8-11H2,1-3H3,(H3,23,24)(H2,25,26,27,28,31)/t18-/m1/s1. The maximum absolute atomic E-state index is 12.9. The van der Waals surface area contributed by atoms with Crippen LogP contribution in [-0.2, 0) is 9.53 Å². The number of hydrogen-bond donors (Lipinski definition) is 4. The minimum atomic E-state index is -0.691. The van der Waals surface area contributed by atoms with E-state index in [9.17, 15) is 9.59 Å². The number of carbonyl (C=O) groups excluding carboxylic acids is 2. The molecule has 0 bridgehead atoms. The van der Waals surface area contributed by atoms with Gasteiger partial charge in [-0.15, -0.1) is 0 Å². The molecule has 1 saturated heterocycles. The fraction of sp³-hybridized carbons (Fsp3) is 0.409. The van der Waals surface area contributed by atoms with Gasteiger partial charge in [0.25, 0.3) is 0 Å². The van der Waals surface area contributed by atoms with Crippen molar-refractivity contribution in [2.45, 2.75) is 26.8 Å². The molecule has 1 aliphatic heterocycles. The second-order valence-electron chi connectivity index (χ2n) is 7.97. The first kappa shape index (κ1) is 23.9. The normalized spacial score (nSPS) is 14.5. The summed E-state index contributed by atoms with van der Waals surface area (Å²) in [6.07, 6.45) is 0. The predicted molar refractivity (Wildman–Crippen MR) is 122 cm³/mol. The second-order valence-corrected chi connectivity index (χ2v) is 7.97. The number of nitrogens with two attached hydrogens (primary N) is 1. The molecule has 1 aromatic heterocycles. The number of amides is 3. The zero-order chi connectivity index (χ0) is 24.0. The fourth-order valence-electron chi connectivity index (χ4n) is 3.24. The number of carbonyl (C=O) groups is 2. The third kappa shape index (κ3) is 6.62. The Balaban J connectivity index is 1.66. The zero-order valence-electron chi connectivity index (χ0n) is 18.9. The van der Waals surface area contributed by atoms with Crippen molar-refractivity contribution < 1.29 is 19.1 Å². The lowest BCUT2D eigenvalue weighted by Crippen LogP contribution is -2.54. The smallest absolute Gasteiger partial charge is 0.322 e. The van der Waals surface area contributed by atoms with E-state index in [0.717, 1.165) is 0 Å². The highest BCUT2D eigenvalue weighted by molar-refractivity contribution is 5.95. The highest BCUT2D eigenvalue weighted by atomic mass is 16.5. The van der Waals surface area contributed by atoms with Crippen molar-refractivity contribution in [3.63, 3.8) is 0 Å². The van der Waals surface area contributed by atoms with Gasteiger partial charge >= 0.3 is 6.03 Å². The van der Waals surface area contributed by atoms with Crippen LogP contribution >= 0.6 is 0 Å². The molecule has 0 aliphatic carbocycles. The topological polar surface area (TPSA) is 156 Å². The van der Waals surface area contributed by atoms with Crippen molar-refractivity contribution >= 4 is 23.7 Å². The highest BCUT2D eigenvalue weighted by Gasteiger charge is 2.29. The van der Waals surface area contributed by atoms with Gasteiger partial charge in [0.2, 0.25) is 17.7 Å². The molecule has 3 rings (SSSR count). The number of nitrogen functional groups attached to an aromatic ring is 1. The van der Waals surface area contributed by atoms with E-state index in [1.54, 1.807) is 42.2 Å². The van der Waals surface area contributed by atoms with Gasteiger partial charge in [-0.3, -0.25) is 15.5 Å². The van der Waals surface area contributed by atoms with Gasteiger partial charge in [0.1, 0.15) is 17.6 Å². The van der Waals surface area contributed by atoms with Crippen LogP contribution in [-0.4, -0.2) is 65.0 Å². The lowest BCUT2D eigenvalue weighted by atomic mass is 10.0. The Morgan fingerprint density at radius 1 is 1.18 bits per heavy atom. The summed E-state index contributed by atoms with van der Waals surface area (Å²) in [6.45, 7) is 7.46. The number of rotatable bonds is 7. The number of amidine groups is 1. The van der Waals surface area contributed by atoms with Crippen LogP contribution in [0.4, 0.5) is 10.7 Å². The maximum Gasteiger partial charge on any atom is 0.322 e. The summed E-state index contributed by atoms with van der Waals surface area (Å²) in [7, 11) is 0. The Labute approximate surface area is 192 Å². The maximum atomic E-state index is 12.9. The van der Waals surface area contributed by atoms with Gasteiger partial charge in [-0.25, -0.2) is 9.78 Å². The van der Waals surface area contributed by atoms with E-state index in [1.807, 2.05) is 13.8 Å². The number of morpholine rings is 1. The van der Waals surface area contributed by atoms with E-state index in [1.165, 1.54) is 0 Å². The SMILES string of the molecule is Cc1cc(Oc2ccc(C(=N)N)cc2)nc(NC(=O)N[C@@H](C(=O)N2CCOCC2)C(C)C)n1. The Bertz CT molecular complexity index is 1000. The average Bonchev–Trinajstić information content (AvgIpc) is 2.77. The lowest BCUT2D eigenvalue weighted by molar-refractivity contribution is -0.138. The van der Waals surface area contributed by atoms with Gasteiger partial charge in [-0.05, 0) is 37.1 Å². The number of nitrogens with one attached hydrogen (secondary N) is 3. The average molecular weight is 456 g/mol. The van der Waals surface area contributed by atoms with Crippen molar-refractivity contribution in [3.8, 4) is 11.6 Å². The summed E-state index contributed by atoms with van der Waals surface area (Å²) < 4.78 is 11.0. The Morgan fingerprint density at radius 2 is 1.85 bits per heavy atom. The molecular weight excluding hydrogens is 426 g/mol. The molecule has 11 heteroatoms. The summed E-state index contributed by atoms with van der Waals surface area (Å²) in [5.74, 6) is 0.476. The molecule has 0 saturated carbocycles. The number of ether oxygens (including phenoxy) is 2. The number of anilines is 1. The molecule has 11 nitrogen and oxygen atoms in total. The van der Waals surface area contributed by atoms with E-state index < -0.39 is 12.1 Å². The van der Waals surface area contributed by atoms with Crippen LogP contribution in [0, 0.1) is 18.3 Å². The van der Waals surface area contributed by atoms with Crippen molar-refractivity contribution in [3.05, 3.63) is 41.6 Å². The molecule has 2 aromatic rings. The van der Waals surface area contributed by atoms with Crippen LogP contribution in [0.3, 0.4) is 0 Å². The Hall–Kier alpha value is -3.73. The fourth-order valence-corrected chi connectivity index (χ4v) is 3.24. The number of benzene rings is 1. The van der Waals surface area contributed by atoms with Gasteiger partial charge in [0.15, 0.2) is 0 Å². The van der Waals surface area contributed by atoms with Crippen LogP contribution in [0.25, 0.3) is 0 Å². The van der Waals surface area contributed by atoms with E-state index in [0.29, 0.717) is 43.3 Å². The van der Waals surface area contributed by atoms with E-state index in [-0.39, 0.29) is 29.5 Å². The van der Waals surface area contributed by atoms with E-state index in [2.05, 4.69) is 20.6 Å². The lowest BCUT2D eigenvalue weighted by Gasteiger charge is -2.32. The first-order chi connectivity index (χ1) is 15.7. The molecule has 176 valence electrons. The van der Waals surface area contributed by atoms with Crippen molar-refractivity contribution in [1.82, 2.24) is 20.2 Å². The number of hydrogen-bond acceptors (Lipinski definition) is 7. The minimum Gasteiger partial charge on any atom is -0.439 e. The predicted octanol–water partition coefficient (Wildman–Crippen LogP) is 1.87. The summed E-state index contributed by atoms with van der Waals surface area (Å²) >= 11 is 0. The first-order valence-electron chi connectivity index (χ1n) is 10.6. The second kappa shape index (κ2) is 10.7. The summed E-state index contributed by atoms with van der Waals surface area (Å²) in [4.78, 5) is 35.6. The van der Waals surface area contributed by atoms with Crippen LogP contribution < -0.4 is 21.1 Å². The molecule has 0 spiro atoms. The van der Waals surface area contributed by atoms with Gasteiger partial charge in [0, 0.05) is 30.4 Å². The molecule has 0 unspecified atom stereocenters. The third-order valence-electron chi connectivity index (χ3n) is 4.99. The molecule has 33 heavy (non-hydrogen) atoms. The molecular formula is C22H29N7O4. The van der Waals surface area contributed by atoms with Crippen molar-refractivity contribution in [2.24, 2.45) is 11.7 Å². The van der Waals surface area contributed by atoms with Crippen molar-refractivity contribution in [2.75, 3.05) is 31.6 Å². The van der Waals surface area contributed by atoms with Crippen LogP contribution in [0.5, 0.6) is 11.6 Å². The number of nitrogens with zero attached hydrogens (tertiary/aromatic N) is 3. The molecule has 1 atom stereocenters. The molecule has 1 aromatic carbocycles. The molecule has 1 fully saturated rings. The van der Waals surface area contributed by atoms with Crippen molar-refractivity contribution in [1.29, 1.82) is 5.41 Å².